The summed E-state index contributed by atoms with van der Waals surface area (Å²) in [7, 11) is 0. The molecule has 1 nitrogen and oxygen atoms in total. The lowest BCUT2D eigenvalue weighted by atomic mass is 10.0. The average molecular weight is 253 g/mol. The van der Waals surface area contributed by atoms with E-state index in [1.807, 2.05) is 6.92 Å². The molecule has 0 spiro atoms. The Bertz CT molecular complexity index is 364. The molecule has 1 aromatic carbocycles. The summed E-state index contributed by atoms with van der Waals surface area (Å²) in [6, 6.07) is 4.23. The zero-order chi connectivity index (χ0) is 13.0. The van der Waals surface area contributed by atoms with Gasteiger partial charge >= 0.3 is 0 Å². The Morgan fingerprint density at radius 1 is 1.00 bits per heavy atom. The van der Waals surface area contributed by atoms with Crippen molar-refractivity contribution in [1.29, 1.82) is 0 Å². The topological polar surface area (TPSA) is 12.0 Å². The molecule has 18 heavy (non-hydrogen) atoms. The fourth-order valence-electron chi connectivity index (χ4n) is 2.72. The van der Waals surface area contributed by atoms with Crippen LogP contribution < -0.4 is 5.32 Å². The smallest absolute Gasteiger partial charge is 0.126 e. The third-order valence-corrected chi connectivity index (χ3v) is 3.73. The summed E-state index contributed by atoms with van der Waals surface area (Å²) < 4.78 is 26.3. The highest BCUT2D eigenvalue weighted by molar-refractivity contribution is 5.21. The molecule has 1 aliphatic rings. The molecule has 0 radical (unpaired) electrons. The third kappa shape index (κ3) is 3.77. The van der Waals surface area contributed by atoms with E-state index in [-0.39, 0.29) is 6.04 Å². The normalized spacial score (nSPS) is 19.5. The minimum Gasteiger partial charge on any atom is -0.307 e. The van der Waals surface area contributed by atoms with Gasteiger partial charge in [0.05, 0.1) is 0 Å². The van der Waals surface area contributed by atoms with E-state index >= 15 is 0 Å². The minimum atomic E-state index is -0.500. The molecule has 0 aliphatic heterocycles. The predicted octanol–water partition coefficient (Wildman–Crippen LogP) is 4.34. The number of nitrogens with one attached hydrogen (secondary N) is 1. The second kappa shape index (κ2) is 6.28. The van der Waals surface area contributed by atoms with Crippen LogP contribution in [0.5, 0.6) is 0 Å². The van der Waals surface area contributed by atoms with E-state index in [2.05, 4.69) is 5.32 Å². The first-order chi connectivity index (χ1) is 8.65. The van der Waals surface area contributed by atoms with Gasteiger partial charge in [-0.1, -0.05) is 25.7 Å². The number of halogens is 2. The van der Waals surface area contributed by atoms with Gasteiger partial charge in [0.15, 0.2) is 0 Å². The van der Waals surface area contributed by atoms with E-state index in [1.54, 1.807) is 0 Å². The van der Waals surface area contributed by atoms with Crippen LogP contribution in [0.3, 0.4) is 0 Å². The zero-order valence-corrected chi connectivity index (χ0v) is 10.9. The molecule has 1 N–H and O–H groups in total. The van der Waals surface area contributed by atoms with Crippen LogP contribution in [0.15, 0.2) is 18.2 Å². The Hall–Kier alpha value is -0.960. The highest BCUT2D eigenvalue weighted by Gasteiger charge is 2.16. The van der Waals surface area contributed by atoms with Crippen LogP contribution >= 0.6 is 0 Å². The quantitative estimate of drug-likeness (QED) is 0.790. The molecule has 1 atom stereocenters. The summed E-state index contributed by atoms with van der Waals surface area (Å²) in [5, 5.41) is 3.50. The van der Waals surface area contributed by atoms with Crippen molar-refractivity contribution >= 4 is 0 Å². The molecule has 1 fully saturated rings. The van der Waals surface area contributed by atoms with Crippen LogP contribution in [0.25, 0.3) is 0 Å². The molecular formula is C15H21F2N. The molecule has 0 saturated heterocycles. The fraction of sp³-hybridized carbons (Fsp3) is 0.600. The molecule has 0 bridgehead atoms. The van der Waals surface area contributed by atoms with E-state index < -0.39 is 11.6 Å². The van der Waals surface area contributed by atoms with Gasteiger partial charge < -0.3 is 5.32 Å². The lowest BCUT2D eigenvalue weighted by Crippen LogP contribution is -2.31. The van der Waals surface area contributed by atoms with Gasteiger partial charge in [-0.2, -0.15) is 0 Å². The molecule has 1 unspecified atom stereocenters. The van der Waals surface area contributed by atoms with E-state index in [4.69, 9.17) is 0 Å². The van der Waals surface area contributed by atoms with Gasteiger partial charge in [-0.25, -0.2) is 8.78 Å². The second-order valence-corrected chi connectivity index (χ2v) is 5.28. The van der Waals surface area contributed by atoms with Crippen molar-refractivity contribution < 1.29 is 8.78 Å². The molecule has 0 aromatic heterocycles. The van der Waals surface area contributed by atoms with E-state index in [1.165, 1.54) is 50.7 Å². The van der Waals surface area contributed by atoms with E-state index in [0.29, 0.717) is 11.6 Å². The van der Waals surface area contributed by atoms with Crippen LogP contribution in [0.4, 0.5) is 8.78 Å². The Labute approximate surface area is 108 Å². The largest absolute Gasteiger partial charge is 0.307 e. The van der Waals surface area contributed by atoms with Crippen molar-refractivity contribution in [3.05, 3.63) is 35.4 Å². The van der Waals surface area contributed by atoms with Crippen molar-refractivity contribution in [1.82, 2.24) is 5.32 Å². The molecule has 1 aliphatic carbocycles. The van der Waals surface area contributed by atoms with E-state index in [9.17, 15) is 8.78 Å². The van der Waals surface area contributed by atoms with Gasteiger partial charge in [0.25, 0.3) is 0 Å². The molecule has 1 saturated carbocycles. The Morgan fingerprint density at radius 3 is 2.11 bits per heavy atom. The second-order valence-electron chi connectivity index (χ2n) is 5.28. The van der Waals surface area contributed by atoms with Crippen molar-refractivity contribution in [2.75, 3.05) is 0 Å². The van der Waals surface area contributed by atoms with Gasteiger partial charge in [0.1, 0.15) is 11.6 Å². The number of hydrogen-bond acceptors (Lipinski definition) is 1. The number of benzene rings is 1. The highest BCUT2D eigenvalue weighted by Crippen LogP contribution is 2.22. The van der Waals surface area contributed by atoms with Crippen molar-refractivity contribution in [2.24, 2.45) is 0 Å². The maximum Gasteiger partial charge on any atom is 0.126 e. The number of hydrogen-bond donors (Lipinski definition) is 1. The number of rotatable bonds is 3. The van der Waals surface area contributed by atoms with Gasteiger partial charge in [-0.15, -0.1) is 0 Å². The molecular weight excluding hydrogens is 232 g/mol. The average Bonchev–Trinajstić information content (AvgIpc) is 2.56. The SMILES string of the molecule is CC(NC1CCCCCC1)c1cc(F)cc(F)c1. The standard InChI is InChI=1S/C15H21F2N/c1-11(12-8-13(16)10-14(17)9-12)18-15-6-4-2-3-5-7-15/h8-11,15,18H,2-7H2,1H3. The molecule has 3 heteroatoms. The van der Waals surface area contributed by atoms with Crippen LogP contribution in [-0.2, 0) is 0 Å². The van der Waals surface area contributed by atoms with Gasteiger partial charge in [-0.3, -0.25) is 0 Å². The molecule has 1 aromatic rings. The summed E-state index contributed by atoms with van der Waals surface area (Å²) in [6.45, 7) is 1.97. The lowest BCUT2D eigenvalue weighted by Gasteiger charge is -2.22. The maximum atomic E-state index is 13.2. The van der Waals surface area contributed by atoms with Crippen molar-refractivity contribution in [2.45, 2.75) is 57.5 Å². The maximum absolute atomic E-state index is 13.2. The predicted molar refractivity (Wildman–Crippen MR) is 69.4 cm³/mol. The Morgan fingerprint density at radius 2 is 1.56 bits per heavy atom. The van der Waals surface area contributed by atoms with Gasteiger partial charge in [0, 0.05) is 18.2 Å². The molecule has 2 rings (SSSR count). The summed E-state index contributed by atoms with van der Waals surface area (Å²) in [6.07, 6.45) is 7.45. The van der Waals surface area contributed by atoms with Crippen LogP contribution in [0, 0.1) is 11.6 Å². The Balaban J connectivity index is 1.99. The first-order valence-electron chi connectivity index (χ1n) is 6.87. The van der Waals surface area contributed by atoms with Gasteiger partial charge in [0.2, 0.25) is 0 Å². The summed E-state index contributed by atoms with van der Waals surface area (Å²) in [4.78, 5) is 0. The molecule has 0 heterocycles. The van der Waals surface area contributed by atoms with Crippen LogP contribution in [0.2, 0.25) is 0 Å². The van der Waals surface area contributed by atoms with E-state index in [0.717, 1.165) is 6.07 Å². The van der Waals surface area contributed by atoms with Crippen LogP contribution in [-0.4, -0.2) is 6.04 Å². The summed E-state index contributed by atoms with van der Waals surface area (Å²) in [5.41, 5.74) is 0.691. The van der Waals surface area contributed by atoms with Crippen molar-refractivity contribution in [3.8, 4) is 0 Å². The minimum absolute atomic E-state index is 0.00157. The monoisotopic (exact) mass is 253 g/mol. The summed E-state index contributed by atoms with van der Waals surface area (Å²) >= 11 is 0. The first-order valence-corrected chi connectivity index (χ1v) is 6.87. The third-order valence-electron chi connectivity index (χ3n) is 3.73. The van der Waals surface area contributed by atoms with Crippen molar-refractivity contribution in [3.63, 3.8) is 0 Å². The highest BCUT2D eigenvalue weighted by atomic mass is 19.1. The van der Waals surface area contributed by atoms with Crippen LogP contribution in [0.1, 0.15) is 57.1 Å². The molecule has 100 valence electrons. The zero-order valence-electron chi connectivity index (χ0n) is 10.9. The molecule has 0 amide bonds. The van der Waals surface area contributed by atoms with Gasteiger partial charge in [-0.05, 0) is 37.5 Å². The fourth-order valence-corrected chi connectivity index (χ4v) is 2.72. The first kappa shape index (κ1) is 13.5. The Kier molecular flexibility index (Phi) is 4.70. The lowest BCUT2D eigenvalue weighted by molar-refractivity contribution is 0.412. The summed E-state index contributed by atoms with van der Waals surface area (Å²) in [5.74, 6) is -1.00.